The van der Waals surface area contributed by atoms with Crippen molar-refractivity contribution >= 4 is 23.2 Å². The molecule has 2 aromatic heterocycles. The normalized spacial score (nSPS) is 25.0. The van der Waals surface area contributed by atoms with Crippen molar-refractivity contribution in [3.8, 4) is 0 Å². The summed E-state index contributed by atoms with van der Waals surface area (Å²) in [6.45, 7) is 7.45. The highest BCUT2D eigenvalue weighted by Crippen LogP contribution is 2.42. The summed E-state index contributed by atoms with van der Waals surface area (Å²) < 4.78 is 2.41. The second kappa shape index (κ2) is 11.9. The maximum atomic E-state index is 13.2. The van der Waals surface area contributed by atoms with Crippen molar-refractivity contribution in [2.45, 2.75) is 115 Å². The Hall–Kier alpha value is -2.26. The van der Waals surface area contributed by atoms with Crippen molar-refractivity contribution in [1.82, 2.24) is 30.3 Å². The lowest BCUT2D eigenvalue weighted by molar-refractivity contribution is -0.126. The number of carbonyl (C=O) groups is 2. The van der Waals surface area contributed by atoms with Crippen LogP contribution in [0.4, 0.5) is 0 Å². The molecule has 0 aromatic carbocycles. The van der Waals surface area contributed by atoms with Crippen molar-refractivity contribution in [3.63, 3.8) is 0 Å². The number of nitrogens with one attached hydrogen (secondary N) is 2. The Morgan fingerprint density at radius 2 is 1.74 bits per heavy atom. The summed E-state index contributed by atoms with van der Waals surface area (Å²) in [5, 5.41) is 15.0. The number of piperidine rings is 1. The largest absolute Gasteiger partial charge is 0.354 e. The second-order valence-corrected chi connectivity index (χ2v) is 13.0. The Labute approximate surface area is 231 Å². The summed E-state index contributed by atoms with van der Waals surface area (Å²) in [6, 6.07) is 5.44. The van der Waals surface area contributed by atoms with Gasteiger partial charge in [-0.2, -0.15) is 0 Å². The van der Waals surface area contributed by atoms with E-state index in [1.807, 2.05) is 12.1 Å². The van der Waals surface area contributed by atoms with E-state index in [0.717, 1.165) is 68.0 Å². The number of nitrogens with zero attached hydrogens (tertiary/aromatic N) is 4. The van der Waals surface area contributed by atoms with Crippen molar-refractivity contribution in [2.75, 3.05) is 13.6 Å². The van der Waals surface area contributed by atoms with E-state index in [1.54, 1.807) is 7.05 Å². The maximum Gasteiger partial charge on any atom is 0.261 e. The zero-order valence-electron chi connectivity index (χ0n) is 23.4. The molecule has 2 bridgehead atoms. The highest BCUT2D eigenvalue weighted by atomic mass is 32.1. The van der Waals surface area contributed by atoms with Gasteiger partial charge < -0.3 is 15.2 Å². The monoisotopic (exact) mass is 540 g/mol. The predicted molar refractivity (Wildman–Crippen MR) is 150 cm³/mol. The van der Waals surface area contributed by atoms with E-state index in [-0.39, 0.29) is 23.8 Å². The third kappa shape index (κ3) is 5.69. The number of carbonyl (C=O) groups excluding carboxylic acids is 2. The fourth-order valence-corrected chi connectivity index (χ4v) is 8.10. The maximum absolute atomic E-state index is 13.2. The van der Waals surface area contributed by atoms with Gasteiger partial charge in [0.1, 0.15) is 11.6 Å². The van der Waals surface area contributed by atoms with Crippen molar-refractivity contribution in [2.24, 2.45) is 5.92 Å². The molecule has 3 fully saturated rings. The lowest BCUT2D eigenvalue weighted by Gasteiger charge is -2.40. The number of fused-ring (bicyclic) bond motifs is 2. The lowest BCUT2D eigenvalue weighted by atomic mass is 9.88. The quantitative estimate of drug-likeness (QED) is 0.460. The van der Waals surface area contributed by atoms with Gasteiger partial charge in [-0.1, -0.05) is 33.1 Å². The highest BCUT2D eigenvalue weighted by Gasteiger charge is 2.42. The van der Waals surface area contributed by atoms with Crippen LogP contribution in [0.2, 0.25) is 0 Å². The molecule has 2 unspecified atom stereocenters. The molecule has 1 aliphatic carbocycles. The Balaban J connectivity index is 1.28. The topological polar surface area (TPSA) is 92.2 Å². The molecule has 3 atom stereocenters. The molecule has 2 aliphatic heterocycles. The van der Waals surface area contributed by atoms with Crippen LogP contribution in [0.5, 0.6) is 0 Å². The predicted octanol–water partition coefficient (Wildman–Crippen LogP) is 5.13. The Morgan fingerprint density at radius 1 is 1.03 bits per heavy atom. The molecular weight excluding hydrogens is 496 g/mol. The van der Waals surface area contributed by atoms with E-state index in [0.29, 0.717) is 28.9 Å². The molecule has 208 valence electrons. The minimum absolute atomic E-state index is 0.0578. The number of amides is 2. The summed E-state index contributed by atoms with van der Waals surface area (Å²) in [6.07, 6.45) is 11.1. The molecule has 2 N–H and O–H groups in total. The zero-order chi connectivity index (χ0) is 26.8. The number of aromatic nitrogens is 3. The zero-order valence-corrected chi connectivity index (χ0v) is 24.2. The number of hydrogen-bond acceptors (Lipinski definition) is 6. The second-order valence-electron chi connectivity index (χ2n) is 11.8. The molecule has 2 saturated heterocycles. The van der Waals surface area contributed by atoms with Gasteiger partial charge in [-0.05, 0) is 64.0 Å². The lowest BCUT2D eigenvalue weighted by Crippen LogP contribution is -2.45. The van der Waals surface area contributed by atoms with Gasteiger partial charge in [0.25, 0.3) is 5.91 Å². The van der Waals surface area contributed by atoms with Gasteiger partial charge in [0.15, 0.2) is 0 Å². The van der Waals surface area contributed by atoms with Crippen LogP contribution in [-0.4, -0.2) is 57.2 Å². The van der Waals surface area contributed by atoms with Crippen molar-refractivity contribution in [1.29, 1.82) is 0 Å². The average molecular weight is 541 g/mol. The van der Waals surface area contributed by atoms with E-state index in [1.165, 1.54) is 30.6 Å². The SMILES string of the molecule is CNC(=O)c1ccc([C@H](CCN2C3CCC2CC(n2c(C)nnc2C(C)C)C3)NC(=O)C2CCCCC2)s1. The Kier molecular flexibility index (Phi) is 8.53. The molecular formula is C29H44N6O2S. The molecule has 9 heteroatoms. The molecule has 0 radical (unpaired) electrons. The van der Waals surface area contributed by atoms with E-state index in [4.69, 9.17) is 0 Å². The standard InChI is InChI=1S/C29H44N6O2S/c1-18(2)27-33-32-19(3)35(27)23-16-21-10-11-22(17-23)34(21)15-14-24(25-12-13-26(38-25)29(37)30-4)31-28(36)20-8-6-5-7-9-20/h12-13,18,20-24H,5-11,14-17H2,1-4H3,(H,30,37)(H,31,36)/t21?,22?,23?,24-/m0/s1. The summed E-state index contributed by atoms with van der Waals surface area (Å²) >= 11 is 1.51. The van der Waals surface area contributed by atoms with E-state index >= 15 is 0 Å². The summed E-state index contributed by atoms with van der Waals surface area (Å²) in [4.78, 5) is 30.0. The van der Waals surface area contributed by atoms with Crippen LogP contribution in [-0.2, 0) is 4.79 Å². The average Bonchev–Trinajstić information content (AvgIpc) is 3.62. The number of thiophene rings is 1. The Morgan fingerprint density at radius 3 is 2.39 bits per heavy atom. The molecule has 5 rings (SSSR count). The number of hydrogen-bond donors (Lipinski definition) is 2. The summed E-state index contributed by atoms with van der Waals surface area (Å²) in [7, 11) is 1.66. The van der Waals surface area contributed by atoms with Crippen LogP contribution in [0.15, 0.2) is 12.1 Å². The molecule has 4 heterocycles. The molecule has 0 spiro atoms. The van der Waals surface area contributed by atoms with Gasteiger partial charge in [0, 0.05) is 48.4 Å². The molecule has 2 aromatic rings. The first-order valence-corrected chi connectivity index (χ1v) is 15.5. The van der Waals surface area contributed by atoms with Gasteiger partial charge in [0.2, 0.25) is 5.91 Å². The summed E-state index contributed by atoms with van der Waals surface area (Å²) in [5.41, 5.74) is 0. The third-order valence-electron chi connectivity index (χ3n) is 9.02. The summed E-state index contributed by atoms with van der Waals surface area (Å²) in [5.74, 6) is 2.75. The third-order valence-corrected chi connectivity index (χ3v) is 10.2. The van der Waals surface area contributed by atoms with Crippen molar-refractivity contribution in [3.05, 3.63) is 33.5 Å². The van der Waals surface area contributed by atoms with Crippen LogP contribution in [0.1, 0.15) is 122 Å². The van der Waals surface area contributed by atoms with Gasteiger partial charge in [-0.15, -0.1) is 21.5 Å². The number of aryl methyl sites for hydroxylation is 1. The minimum Gasteiger partial charge on any atom is -0.354 e. The molecule has 2 amide bonds. The number of rotatable bonds is 9. The first kappa shape index (κ1) is 27.3. The van der Waals surface area contributed by atoms with Crippen LogP contribution >= 0.6 is 11.3 Å². The molecule has 1 saturated carbocycles. The minimum atomic E-state index is -0.0659. The fraction of sp³-hybridized carbons (Fsp3) is 0.724. The van der Waals surface area contributed by atoms with E-state index in [9.17, 15) is 9.59 Å². The fourth-order valence-electron chi connectivity index (χ4n) is 7.06. The van der Waals surface area contributed by atoms with Crippen LogP contribution in [0.25, 0.3) is 0 Å². The van der Waals surface area contributed by atoms with Crippen LogP contribution < -0.4 is 10.6 Å². The molecule has 3 aliphatic rings. The van der Waals surface area contributed by atoms with Crippen LogP contribution in [0.3, 0.4) is 0 Å². The first-order chi connectivity index (χ1) is 18.4. The van der Waals surface area contributed by atoms with Crippen LogP contribution in [0, 0.1) is 12.8 Å². The van der Waals surface area contributed by atoms with E-state index < -0.39 is 0 Å². The van der Waals surface area contributed by atoms with Gasteiger partial charge in [-0.25, -0.2) is 0 Å². The van der Waals surface area contributed by atoms with E-state index in [2.05, 4.69) is 51.1 Å². The Bertz CT molecular complexity index is 1110. The highest BCUT2D eigenvalue weighted by molar-refractivity contribution is 7.14. The van der Waals surface area contributed by atoms with Gasteiger partial charge >= 0.3 is 0 Å². The molecule has 38 heavy (non-hydrogen) atoms. The van der Waals surface area contributed by atoms with Gasteiger partial charge in [-0.3, -0.25) is 14.5 Å². The first-order valence-electron chi connectivity index (χ1n) is 14.6. The smallest absolute Gasteiger partial charge is 0.261 e. The molecule has 8 nitrogen and oxygen atoms in total. The van der Waals surface area contributed by atoms with Gasteiger partial charge in [0.05, 0.1) is 10.9 Å². The van der Waals surface area contributed by atoms with Crippen molar-refractivity contribution < 1.29 is 9.59 Å².